The minimum Gasteiger partial charge on any atom is -0.391 e. The summed E-state index contributed by atoms with van der Waals surface area (Å²) in [4.78, 5) is 0. The molecule has 2 heteroatoms. The molecule has 0 aromatic rings. The summed E-state index contributed by atoms with van der Waals surface area (Å²) in [5.74, 6) is 1.89. The molecule has 36 valence electrons. The highest BCUT2D eigenvalue weighted by molar-refractivity contribution is 7.20. The smallest absolute Gasteiger partial charge is 0.0113 e. The molecule has 0 aromatic carbocycles. The molecule has 1 atom stereocenters. The Labute approximate surface area is 41.0 Å². The van der Waals surface area contributed by atoms with Crippen LogP contribution in [0.5, 0.6) is 0 Å². The molecule has 1 unspecified atom stereocenters. The maximum Gasteiger partial charge on any atom is 0.0113 e. The molecule has 0 amide bonds. The van der Waals surface area contributed by atoms with Crippen molar-refractivity contribution in [2.24, 2.45) is 0 Å². The average molecular weight is 103 g/mol. The molecule has 1 N–H and O–H groups in total. The highest BCUT2D eigenvalue weighted by Gasteiger charge is 1.58. The molecule has 0 radical (unpaired) electrons. The van der Waals surface area contributed by atoms with Gasteiger partial charge in [-0.15, -0.1) is 9.24 Å². The third-order valence-electron chi connectivity index (χ3n) is 0.418. The van der Waals surface area contributed by atoms with Crippen molar-refractivity contribution in [3.63, 3.8) is 0 Å². The fraction of sp³-hybridized carbons (Fsp3) is 0.500. The zero-order valence-corrected chi connectivity index (χ0v) is 5.09. The van der Waals surface area contributed by atoms with Crippen LogP contribution in [0.4, 0.5) is 0 Å². The second kappa shape index (κ2) is 4.97. The Hall–Kier alpha value is -0.0300. The van der Waals surface area contributed by atoms with Gasteiger partial charge >= 0.3 is 0 Å². The zero-order valence-electron chi connectivity index (χ0n) is 3.94. The van der Waals surface area contributed by atoms with E-state index in [2.05, 4.69) is 21.5 Å². The van der Waals surface area contributed by atoms with Gasteiger partial charge in [0, 0.05) is 6.54 Å². The second-order valence-corrected chi connectivity index (χ2v) is 1.30. The fourth-order valence-electron chi connectivity index (χ4n) is 0.186. The molecule has 0 heterocycles. The van der Waals surface area contributed by atoms with Gasteiger partial charge in [-0.25, -0.2) is 0 Å². The molecule has 1 nitrogen and oxygen atoms in total. The largest absolute Gasteiger partial charge is 0.391 e. The molecule has 0 aliphatic rings. The van der Waals surface area contributed by atoms with Crippen LogP contribution in [0.25, 0.3) is 0 Å². The van der Waals surface area contributed by atoms with Crippen molar-refractivity contribution in [1.29, 1.82) is 0 Å². The predicted octanol–water partition coefficient (Wildman–Crippen LogP) is 0.942. The topological polar surface area (TPSA) is 12.0 Å². The first-order valence-corrected chi connectivity index (χ1v) is 2.68. The normalized spacial score (nSPS) is 9.67. The molecule has 0 saturated heterocycles. The van der Waals surface area contributed by atoms with Crippen LogP contribution in [0, 0.1) is 0 Å². The molecule has 0 aliphatic heterocycles. The van der Waals surface area contributed by atoms with Gasteiger partial charge in [0.15, 0.2) is 0 Å². The maximum absolute atomic E-state index is 3.00. The van der Waals surface area contributed by atoms with Gasteiger partial charge in [0.1, 0.15) is 0 Å². The molecule has 0 aliphatic carbocycles. The van der Waals surface area contributed by atoms with E-state index in [0.717, 1.165) is 6.54 Å². The van der Waals surface area contributed by atoms with Crippen LogP contribution in [0.15, 0.2) is 12.0 Å². The number of nitrogens with one attached hydrogen (secondary N) is 1. The summed E-state index contributed by atoms with van der Waals surface area (Å²) in [6.45, 7) is 3.07. The highest BCUT2D eigenvalue weighted by Crippen LogP contribution is 1.76. The molecule has 0 fully saturated rings. The average Bonchev–Trinajstić information content (AvgIpc) is 1.61. The van der Waals surface area contributed by atoms with E-state index in [1.807, 2.05) is 12.0 Å². The van der Waals surface area contributed by atoms with Gasteiger partial charge in [-0.3, -0.25) is 0 Å². The van der Waals surface area contributed by atoms with Gasteiger partial charge in [0.25, 0.3) is 0 Å². The summed E-state index contributed by atoms with van der Waals surface area (Å²) in [5, 5.41) is 3.00. The Morgan fingerprint density at radius 3 is 2.67 bits per heavy atom. The summed E-state index contributed by atoms with van der Waals surface area (Å²) >= 11 is 0. The SMILES string of the molecule is CCN/C=C\P. The van der Waals surface area contributed by atoms with Gasteiger partial charge in [0.2, 0.25) is 0 Å². The molecular formula is C4H10NP. The van der Waals surface area contributed by atoms with E-state index in [1.54, 1.807) is 0 Å². The summed E-state index contributed by atoms with van der Waals surface area (Å²) in [7, 11) is 2.49. The van der Waals surface area contributed by atoms with Crippen LogP contribution >= 0.6 is 9.24 Å². The Morgan fingerprint density at radius 2 is 2.50 bits per heavy atom. The summed E-state index contributed by atoms with van der Waals surface area (Å²) in [6, 6.07) is 0. The minimum absolute atomic E-state index is 1.00. The third kappa shape index (κ3) is 3.97. The Morgan fingerprint density at radius 1 is 1.83 bits per heavy atom. The fourth-order valence-corrected chi connectivity index (χ4v) is 0.322. The lowest BCUT2D eigenvalue weighted by Gasteiger charge is -1.85. The lowest BCUT2D eigenvalue weighted by molar-refractivity contribution is 0.921. The summed E-state index contributed by atoms with van der Waals surface area (Å²) < 4.78 is 0. The first-order valence-electron chi connectivity index (χ1n) is 2.02. The highest BCUT2D eigenvalue weighted by atomic mass is 31.0. The number of rotatable bonds is 2. The number of hydrogen-bond acceptors (Lipinski definition) is 1. The third-order valence-corrected chi connectivity index (χ3v) is 0.611. The zero-order chi connectivity index (χ0) is 4.83. The van der Waals surface area contributed by atoms with Gasteiger partial charge in [-0.1, -0.05) is 5.82 Å². The van der Waals surface area contributed by atoms with Crippen molar-refractivity contribution in [2.75, 3.05) is 6.54 Å². The first kappa shape index (κ1) is 5.97. The number of hydrogen-bond donors (Lipinski definition) is 1. The van der Waals surface area contributed by atoms with Crippen molar-refractivity contribution in [3.8, 4) is 0 Å². The summed E-state index contributed by atoms with van der Waals surface area (Å²) in [5.41, 5.74) is 0. The molecule has 0 rings (SSSR count). The molecule has 0 spiro atoms. The van der Waals surface area contributed by atoms with E-state index in [1.165, 1.54) is 0 Å². The Kier molecular flexibility index (Phi) is 4.95. The van der Waals surface area contributed by atoms with E-state index in [9.17, 15) is 0 Å². The molecule has 0 aromatic heterocycles. The standard InChI is InChI=1S/C4H10NP/c1-2-5-3-4-6/h3-5H,2,6H2,1H3/b4-3-. The van der Waals surface area contributed by atoms with Gasteiger partial charge < -0.3 is 5.32 Å². The van der Waals surface area contributed by atoms with Crippen LogP contribution < -0.4 is 5.32 Å². The molecular weight excluding hydrogens is 93.0 g/mol. The van der Waals surface area contributed by atoms with Crippen molar-refractivity contribution in [2.45, 2.75) is 6.92 Å². The van der Waals surface area contributed by atoms with Crippen molar-refractivity contribution in [3.05, 3.63) is 12.0 Å². The Balaban J connectivity index is 2.66. The van der Waals surface area contributed by atoms with E-state index in [0.29, 0.717) is 0 Å². The lowest BCUT2D eigenvalue weighted by atomic mass is 10.7. The first-order chi connectivity index (χ1) is 2.91. The minimum atomic E-state index is 1.00. The maximum atomic E-state index is 3.00. The monoisotopic (exact) mass is 103 g/mol. The summed E-state index contributed by atoms with van der Waals surface area (Å²) in [6.07, 6.45) is 1.89. The van der Waals surface area contributed by atoms with E-state index in [4.69, 9.17) is 0 Å². The van der Waals surface area contributed by atoms with Crippen LogP contribution in [-0.4, -0.2) is 6.54 Å². The van der Waals surface area contributed by atoms with E-state index >= 15 is 0 Å². The van der Waals surface area contributed by atoms with Crippen LogP contribution in [0.2, 0.25) is 0 Å². The van der Waals surface area contributed by atoms with Crippen molar-refractivity contribution in [1.82, 2.24) is 5.32 Å². The molecule has 6 heavy (non-hydrogen) atoms. The van der Waals surface area contributed by atoms with Crippen LogP contribution in [0.1, 0.15) is 6.92 Å². The van der Waals surface area contributed by atoms with E-state index in [-0.39, 0.29) is 0 Å². The second-order valence-electron chi connectivity index (χ2n) is 0.917. The van der Waals surface area contributed by atoms with Gasteiger partial charge in [-0.2, -0.15) is 0 Å². The Bertz CT molecular complexity index is 42.8. The van der Waals surface area contributed by atoms with E-state index < -0.39 is 0 Å². The van der Waals surface area contributed by atoms with Crippen molar-refractivity contribution < 1.29 is 0 Å². The quantitative estimate of drug-likeness (QED) is 0.513. The van der Waals surface area contributed by atoms with Crippen molar-refractivity contribution >= 4 is 9.24 Å². The van der Waals surface area contributed by atoms with Crippen LogP contribution in [0.3, 0.4) is 0 Å². The predicted molar refractivity (Wildman–Crippen MR) is 32.5 cm³/mol. The molecule has 0 saturated carbocycles. The lowest BCUT2D eigenvalue weighted by Crippen LogP contribution is -2.00. The van der Waals surface area contributed by atoms with Gasteiger partial charge in [0.05, 0.1) is 0 Å². The van der Waals surface area contributed by atoms with Gasteiger partial charge in [-0.05, 0) is 13.1 Å². The molecule has 0 bridgehead atoms. The van der Waals surface area contributed by atoms with Crippen LogP contribution in [-0.2, 0) is 0 Å².